The van der Waals surface area contributed by atoms with Gasteiger partial charge in [0.15, 0.2) is 0 Å². The van der Waals surface area contributed by atoms with Crippen LogP contribution in [0, 0.1) is 0 Å². The second kappa shape index (κ2) is 6.03. The molecule has 0 saturated heterocycles. The molecule has 0 aromatic carbocycles. The van der Waals surface area contributed by atoms with Gasteiger partial charge >= 0.3 is 6.03 Å². The molecule has 0 unspecified atom stereocenters. The van der Waals surface area contributed by atoms with Crippen LogP contribution in [0.1, 0.15) is 57.0 Å². The maximum atomic E-state index is 12.5. The van der Waals surface area contributed by atoms with Gasteiger partial charge in [0.25, 0.3) is 0 Å². The molecule has 5 heteroatoms. The normalized spacial score (nSPS) is 11.2. The number of hydrogen-bond donors (Lipinski definition) is 0. The zero-order chi connectivity index (χ0) is 14.7. The Balaban J connectivity index is 2.54. The lowest BCUT2D eigenvalue weighted by atomic mass is 9.99. The topological polar surface area (TPSA) is 52.7 Å². The van der Waals surface area contributed by atoms with Crippen LogP contribution in [0.15, 0.2) is 18.5 Å². The van der Waals surface area contributed by atoms with Gasteiger partial charge in [0.1, 0.15) is 0 Å². The third-order valence-electron chi connectivity index (χ3n) is 3.37. The van der Waals surface area contributed by atoms with Crippen molar-refractivity contribution in [2.45, 2.75) is 52.9 Å². The lowest BCUT2D eigenvalue weighted by Gasteiger charge is -2.11. The summed E-state index contributed by atoms with van der Waals surface area (Å²) >= 11 is 0. The second-order valence-electron chi connectivity index (χ2n) is 5.21. The first-order valence-corrected chi connectivity index (χ1v) is 7.25. The smallest absolute Gasteiger partial charge is 0.244 e. The minimum Gasteiger partial charge on any atom is -0.244 e. The van der Waals surface area contributed by atoms with Gasteiger partial charge in [-0.2, -0.15) is 19.6 Å². The Morgan fingerprint density at radius 3 is 2.60 bits per heavy atom. The number of carbonyl (C=O) groups is 1. The van der Waals surface area contributed by atoms with Gasteiger partial charge in [0, 0.05) is 12.4 Å². The molecule has 0 N–H and O–H groups in total. The summed E-state index contributed by atoms with van der Waals surface area (Å²) in [7, 11) is 0. The van der Waals surface area contributed by atoms with Gasteiger partial charge in [0.2, 0.25) is 0 Å². The Morgan fingerprint density at radius 2 is 2.10 bits per heavy atom. The van der Waals surface area contributed by atoms with E-state index in [1.807, 2.05) is 0 Å². The van der Waals surface area contributed by atoms with Crippen molar-refractivity contribution in [3.63, 3.8) is 0 Å². The molecule has 2 aromatic heterocycles. The molecule has 108 valence electrons. The number of aromatic nitrogens is 4. The van der Waals surface area contributed by atoms with E-state index in [0.29, 0.717) is 0 Å². The summed E-state index contributed by atoms with van der Waals surface area (Å²) in [6, 6.07) is 1.53. The Bertz CT molecular complexity index is 581. The molecule has 2 aromatic rings. The molecule has 2 heterocycles. The Morgan fingerprint density at radius 1 is 1.35 bits per heavy atom. The highest BCUT2D eigenvalue weighted by Gasteiger charge is 2.23. The molecule has 0 aliphatic heterocycles. The molecule has 0 aliphatic carbocycles. The predicted molar refractivity (Wildman–Crippen MR) is 78.1 cm³/mol. The highest BCUT2D eigenvalue weighted by Crippen LogP contribution is 2.25. The van der Waals surface area contributed by atoms with Gasteiger partial charge in [-0.3, -0.25) is 0 Å². The largest absolute Gasteiger partial charge is 0.369 e. The van der Waals surface area contributed by atoms with Gasteiger partial charge in [-0.1, -0.05) is 34.1 Å². The molecule has 0 atom stereocenters. The summed E-state index contributed by atoms with van der Waals surface area (Å²) in [6.07, 6.45) is 6.11. The van der Waals surface area contributed by atoms with Crippen molar-refractivity contribution in [2.75, 3.05) is 0 Å². The molecule has 5 nitrogen and oxygen atoms in total. The van der Waals surface area contributed by atoms with E-state index in [1.165, 1.54) is 14.9 Å². The van der Waals surface area contributed by atoms with Gasteiger partial charge in [-0.15, -0.1) is 0 Å². The molecule has 0 fully saturated rings. The van der Waals surface area contributed by atoms with E-state index in [9.17, 15) is 4.79 Å². The molecule has 0 saturated carbocycles. The van der Waals surface area contributed by atoms with Crippen molar-refractivity contribution in [3.8, 4) is 0 Å². The zero-order valence-electron chi connectivity index (χ0n) is 12.6. The highest BCUT2D eigenvalue weighted by molar-refractivity contribution is 5.78. The fraction of sp³-hybridized carbons (Fsp3) is 0.533. The summed E-state index contributed by atoms with van der Waals surface area (Å²) in [6.45, 7) is 8.43. The van der Waals surface area contributed by atoms with E-state index in [-0.39, 0.29) is 11.9 Å². The van der Waals surface area contributed by atoms with Crippen molar-refractivity contribution in [1.29, 1.82) is 0 Å². The number of carbonyl (C=O) groups excluding carboxylic acids is 1. The Hall–Kier alpha value is -1.91. The van der Waals surface area contributed by atoms with Crippen LogP contribution in [0.4, 0.5) is 4.79 Å². The van der Waals surface area contributed by atoms with Crippen LogP contribution in [0.5, 0.6) is 0 Å². The number of rotatable bonds is 4. The van der Waals surface area contributed by atoms with Gasteiger partial charge < -0.3 is 0 Å². The summed E-state index contributed by atoms with van der Waals surface area (Å²) in [5, 5.41) is 8.54. The fourth-order valence-corrected chi connectivity index (χ4v) is 2.53. The fourth-order valence-electron chi connectivity index (χ4n) is 2.53. The summed E-state index contributed by atoms with van der Waals surface area (Å²) in [5.74, 6) is 0.254. The SMILES string of the molecule is CCCc1c(CC)nn(C(=O)n2cccn2)c1C(C)C. The summed E-state index contributed by atoms with van der Waals surface area (Å²) in [4.78, 5) is 12.5. The van der Waals surface area contributed by atoms with E-state index in [0.717, 1.165) is 30.7 Å². The lowest BCUT2D eigenvalue weighted by Crippen LogP contribution is -2.24. The summed E-state index contributed by atoms with van der Waals surface area (Å²) < 4.78 is 2.86. The average Bonchev–Trinajstić information content (AvgIpc) is 3.05. The predicted octanol–water partition coefficient (Wildman–Crippen LogP) is 3.23. The molecular weight excluding hydrogens is 252 g/mol. The van der Waals surface area contributed by atoms with Crippen molar-refractivity contribution in [1.82, 2.24) is 19.6 Å². The van der Waals surface area contributed by atoms with E-state index in [2.05, 4.69) is 37.9 Å². The zero-order valence-corrected chi connectivity index (χ0v) is 12.6. The molecular formula is C15H22N4O. The molecule has 20 heavy (non-hydrogen) atoms. The highest BCUT2D eigenvalue weighted by atomic mass is 16.2. The quantitative estimate of drug-likeness (QED) is 0.860. The van der Waals surface area contributed by atoms with E-state index in [1.54, 1.807) is 18.5 Å². The van der Waals surface area contributed by atoms with Crippen molar-refractivity contribution < 1.29 is 4.79 Å². The van der Waals surface area contributed by atoms with Crippen LogP contribution in [0.3, 0.4) is 0 Å². The first-order valence-electron chi connectivity index (χ1n) is 7.25. The minimum absolute atomic E-state index is 0.212. The van der Waals surface area contributed by atoms with Crippen LogP contribution in [0.2, 0.25) is 0 Å². The molecule has 0 bridgehead atoms. The van der Waals surface area contributed by atoms with Gasteiger partial charge in [0.05, 0.1) is 11.4 Å². The molecule has 0 amide bonds. The standard InChI is InChI=1S/C15H22N4O/c1-5-8-12-13(6-2)17-19(14(12)11(3)4)15(20)18-10-7-9-16-18/h7,9-11H,5-6,8H2,1-4H3. The number of aryl methyl sites for hydroxylation is 1. The number of nitrogens with zero attached hydrogens (tertiary/aromatic N) is 4. The third-order valence-corrected chi connectivity index (χ3v) is 3.37. The average molecular weight is 274 g/mol. The Kier molecular flexibility index (Phi) is 4.37. The second-order valence-corrected chi connectivity index (χ2v) is 5.21. The lowest BCUT2D eigenvalue weighted by molar-refractivity contribution is 0.237. The van der Waals surface area contributed by atoms with Crippen LogP contribution >= 0.6 is 0 Å². The van der Waals surface area contributed by atoms with Crippen molar-refractivity contribution >= 4 is 6.03 Å². The van der Waals surface area contributed by atoms with Gasteiger partial charge in [-0.05, 0) is 30.4 Å². The maximum absolute atomic E-state index is 12.5. The maximum Gasteiger partial charge on any atom is 0.369 e. The van der Waals surface area contributed by atoms with Gasteiger partial charge in [-0.25, -0.2) is 4.79 Å². The molecule has 0 aliphatic rings. The van der Waals surface area contributed by atoms with E-state index >= 15 is 0 Å². The molecule has 2 rings (SSSR count). The Labute approximate surface area is 119 Å². The van der Waals surface area contributed by atoms with Crippen LogP contribution in [-0.2, 0) is 12.8 Å². The number of hydrogen-bond acceptors (Lipinski definition) is 3. The van der Waals surface area contributed by atoms with E-state index < -0.39 is 0 Å². The third kappa shape index (κ3) is 2.53. The van der Waals surface area contributed by atoms with Crippen LogP contribution in [0.25, 0.3) is 0 Å². The van der Waals surface area contributed by atoms with Crippen molar-refractivity contribution in [3.05, 3.63) is 35.4 Å². The summed E-state index contributed by atoms with van der Waals surface area (Å²) in [5.41, 5.74) is 3.27. The monoisotopic (exact) mass is 274 g/mol. The van der Waals surface area contributed by atoms with Crippen LogP contribution in [-0.4, -0.2) is 25.6 Å². The first-order chi connectivity index (χ1) is 9.60. The minimum atomic E-state index is -0.212. The first kappa shape index (κ1) is 14.5. The van der Waals surface area contributed by atoms with Crippen LogP contribution < -0.4 is 0 Å². The van der Waals surface area contributed by atoms with E-state index in [4.69, 9.17) is 0 Å². The molecule has 0 spiro atoms. The van der Waals surface area contributed by atoms with Crippen molar-refractivity contribution in [2.24, 2.45) is 0 Å². The molecule has 0 radical (unpaired) electrons.